The lowest BCUT2D eigenvalue weighted by Gasteiger charge is -2.12. The highest BCUT2D eigenvalue weighted by molar-refractivity contribution is 7.71. The van der Waals surface area contributed by atoms with Gasteiger partial charge in [0.05, 0.1) is 23.7 Å². The van der Waals surface area contributed by atoms with Crippen LogP contribution in [0.1, 0.15) is 36.4 Å². The topological polar surface area (TPSA) is 80.0 Å². The fraction of sp³-hybridized carbons (Fsp3) is 0.278. The number of benzene rings is 1. The number of aromatic amines is 1. The zero-order valence-electron chi connectivity index (χ0n) is 14.0. The number of hydrogen-bond acceptors (Lipinski definition) is 4. The van der Waals surface area contributed by atoms with E-state index in [1.807, 2.05) is 13.8 Å². The molecule has 0 aliphatic carbocycles. The van der Waals surface area contributed by atoms with Crippen molar-refractivity contribution in [2.45, 2.75) is 32.9 Å². The van der Waals surface area contributed by atoms with Crippen molar-refractivity contribution in [3.05, 3.63) is 63.0 Å². The van der Waals surface area contributed by atoms with Crippen molar-refractivity contribution in [3.63, 3.8) is 0 Å². The van der Waals surface area contributed by atoms with Crippen LogP contribution in [0, 0.1) is 4.77 Å². The number of carbonyl (C=O) groups excluding carboxylic acids is 1. The zero-order chi connectivity index (χ0) is 18.0. The van der Waals surface area contributed by atoms with Gasteiger partial charge in [0.2, 0.25) is 0 Å². The van der Waals surface area contributed by atoms with Gasteiger partial charge in [0.25, 0.3) is 11.5 Å². The molecular formula is C18H19N3O3S. The maximum Gasteiger partial charge on any atom is 0.262 e. The van der Waals surface area contributed by atoms with Crippen molar-refractivity contribution in [3.8, 4) is 0 Å². The minimum absolute atomic E-state index is 0.0861. The first kappa shape index (κ1) is 17.2. The van der Waals surface area contributed by atoms with Gasteiger partial charge < -0.3 is 14.7 Å². The van der Waals surface area contributed by atoms with Crippen LogP contribution in [0.25, 0.3) is 10.9 Å². The number of carbonyl (C=O) groups is 1. The molecule has 0 unspecified atom stereocenters. The molecule has 25 heavy (non-hydrogen) atoms. The van der Waals surface area contributed by atoms with Crippen LogP contribution < -0.4 is 10.9 Å². The van der Waals surface area contributed by atoms with E-state index in [1.165, 1.54) is 4.57 Å². The summed E-state index contributed by atoms with van der Waals surface area (Å²) in [6.45, 7) is 4.21. The summed E-state index contributed by atoms with van der Waals surface area (Å²) in [5.74, 6) is 0.473. The molecule has 0 saturated heterocycles. The van der Waals surface area contributed by atoms with Crippen molar-refractivity contribution >= 4 is 29.0 Å². The molecular weight excluding hydrogens is 338 g/mol. The summed E-state index contributed by atoms with van der Waals surface area (Å²) in [4.78, 5) is 28.0. The highest BCUT2D eigenvalue weighted by atomic mass is 32.1. The van der Waals surface area contributed by atoms with Gasteiger partial charge >= 0.3 is 0 Å². The second-order valence-electron chi connectivity index (χ2n) is 5.94. The number of H-pyrrole nitrogens is 1. The fourth-order valence-electron chi connectivity index (χ4n) is 2.51. The Hall–Kier alpha value is -2.67. The lowest BCUT2D eigenvalue weighted by Crippen LogP contribution is -2.32. The third kappa shape index (κ3) is 3.56. The quantitative estimate of drug-likeness (QED) is 0.687. The highest BCUT2D eigenvalue weighted by Gasteiger charge is 2.12. The van der Waals surface area contributed by atoms with Crippen molar-refractivity contribution < 1.29 is 9.21 Å². The number of nitrogens with zero attached hydrogens (tertiary/aromatic N) is 1. The number of furan rings is 1. The predicted octanol–water partition coefficient (Wildman–Crippen LogP) is 3.23. The van der Waals surface area contributed by atoms with Crippen molar-refractivity contribution in [1.82, 2.24) is 14.9 Å². The molecule has 0 aliphatic heterocycles. The van der Waals surface area contributed by atoms with Gasteiger partial charge in [-0.15, -0.1) is 0 Å². The van der Waals surface area contributed by atoms with Gasteiger partial charge in [-0.1, -0.05) is 6.92 Å². The number of fused-ring (bicyclic) bond motifs is 1. The van der Waals surface area contributed by atoms with E-state index < -0.39 is 0 Å². The first-order valence-corrected chi connectivity index (χ1v) is 8.50. The van der Waals surface area contributed by atoms with E-state index in [0.29, 0.717) is 22.2 Å². The minimum atomic E-state index is -0.218. The molecule has 1 aromatic carbocycles. The summed E-state index contributed by atoms with van der Waals surface area (Å²) < 4.78 is 7.01. The Morgan fingerprint density at radius 1 is 1.40 bits per heavy atom. The SMILES string of the molecule is CC[C@H](C)NC(=O)c1ccc2c(=O)n(Cc3ccco3)c(=S)[nH]c2c1. The molecule has 0 spiro atoms. The summed E-state index contributed by atoms with van der Waals surface area (Å²) in [7, 11) is 0. The first-order chi connectivity index (χ1) is 12.0. The molecule has 1 atom stereocenters. The molecule has 2 heterocycles. The standard InChI is InChI=1S/C18H19N3O3S/c1-3-11(2)19-16(22)12-6-7-14-15(9-12)20-18(25)21(17(14)23)10-13-5-4-8-24-13/h4-9,11H,3,10H2,1-2H3,(H,19,22)(H,20,25)/t11-/m0/s1. The average Bonchev–Trinajstić information content (AvgIpc) is 3.11. The second-order valence-corrected chi connectivity index (χ2v) is 6.33. The van der Waals surface area contributed by atoms with E-state index >= 15 is 0 Å². The molecule has 0 bridgehead atoms. The average molecular weight is 357 g/mol. The van der Waals surface area contributed by atoms with Gasteiger partial charge in [-0.05, 0) is 55.9 Å². The molecule has 0 aliphatic rings. The van der Waals surface area contributed by atoms with E-state index in [1.54, 1.807) is 36.6 Å². The van der Waals surface area contributed by atoms with Crippen molar-refractivity contribution in [1.29, 1.82) is 0 Å². The van der Waals surface area contributed by atoms with Crippen molar-refractivity contribution in [2.24, 2.45) is 0 Å². The van der Waals surface area contributed by atoms with Crippen LogP contribution in [0.3, 0.4) is 0 Å². The Labute approximate surface area is 149 Å². The third-order valence-corrected chi connectivity index (χ3v) is 4.45. The normalized spacial score (nSPS) is 12.2. The molecule has 130 valence electrons. The first-order valence-electron chi connectivity index (χ1n) is 8.09. The van der Waals surface area contributed by atoms with Gasteiger partial charge in [0.15, 0.2) is 4.77 Å². The van der Waals surface area contributed by atoms with Crippen LogP contribution in [0.4, 0.5) is 0 Å². The molecule has 2 aromatic heterocycles. The number of aromatic nitrogens is 2. The van der Waals surface area contributed by atoms with Crippen molar-refractivity contribution in [2.75, 3.05) is 0 Å². The van der Waals surface area contributed by atoms with Crippen LogP contribution in [0.5, 0.6) is 0 Å². The number of hydrogen-bond donors (Lipinski definition) is 2. The van der Waals surface area contributed by atoms with Crippen LogP contribution in [-0.4, -0.2) is 21.5 Å². The Balaban J connectivity index is 2.01. The van der Waals surface area contributed by atoms with E-state index in [9.17, 15) is 9.59 Å². The van der Waals surface area contributed by atoms with E-state index in [-0.39, 0.29) is 28.8 Å². The predicted molar refractivity (Wildman–Crippen MR) is 98.4 cm³/mol. The third-order valence-electron chi connectivity index (χ3n) is 4.13. The lowest BCUT2D eigenvalue weighted by molar-refractivity contribution is 0.0939. The summed E-state index contributed by atoms with van der Waals surface area (Å²) >= 11 is 5.30. The van der Waals surface area contributed by atoms with E-state index in [4.69, 9.17) is 16.6 Å². The lowest BCUT2D eigenvalue weighted by atomic mass is 10.1. The Bertz CT molecular complexity index is 1020. The maximum atomic E-state index is 12.7. The van der Waals surface area contributed by atoms with Crippen LogP contribution in [0.15, 0.2) is 45.8 Å². The molecule has 0 fully saturated rings. The van der Waals surface area contributed by atoms with Crippen LogP contribution in [0.2, 0.25) is 0 Å². The summed E-state index contributed by atoms with van der Waals surface area (Å²) in [6.07, 6.45) is 2.40. The van der Waals surface area contributed by atoms with E-state index in [0.717, 1.165) is 6.42 Å². The second kappa shape index (κ2) is 7.06. The molecule has 3 rings (SSSR count). The Kier molecular flexibility index (Phi) is 4.85. The minimum Gasteiger partial charge on any atom is -0.467 e. The molecule has 2 N–H and O–H groups in total. The van der Waals surface area contributed by atoms with Crippen LogP contribution >= 0.6 is 12.2 Å². The smallest absolute Gasteiger partial charge is 0.262 e. The number of rotatable bonds is 5. The Morgan fingerprint density at radius 2 is 2.20 bits per heavy atom. The molecule has 7 heteroatoms. The van der Waals surface area contributed by atoms with Gasteiger partial charge in [0.1, 0.15) is 5.76 Å². The largest absolute Gasteiger partial charge is 0.467 e. The summed E-state index contributed by atoms with van der Waals surface area (Å²) in [6, 6.07) is 8.58. The highest BCUT2D eigenvalue weighted by Crippen LogP contribution is 2.12. The monoisotopic (exact) mass is 357 g/mol. The zero-order valence-corrected chi connectivity index (χ0v) is 14.9. The maximum absolute atomic E-state index is 12.7. The molecule has 3 aromatic rings. The van der Waals surface area contributed by atoms with Gasteiger partial charge in [-0.2, -0.15) is 0 Å². The van der Waals surface area contributed by atoms with Gasteiger partial charge in [0, 0.05) is 11.6 Å². The summed E-state index contributed by atoms with van der Waals surface area (Å²) in [5.41, 5.74) is 0.813. The summed E-state index contributed by atoms with van der Waals surface area (Å²) in [5, 5.41) is 3.38. The number of amides is 1. The molecule has 0 saturated carbocycles. The Morgan fingerprint density at radius 3 is 2.88 bits per heavy atom. The molecule has 1 amide bonds. The fourth-order valence-corrected chi connectivity index (χ4v) is 2.76. The van der Waals surface area contributed by atoms with Crippen LogP contribution in [-0.2, 0) is 6.54 Å². The number of nitrogens with one attached hydrogen (secondary N) is 2. The molecule has 0 radical (unpaired) electrons. The van der Waals surface area contributed by atoms with Gasteiger partial charge in [-0.25, -0.2) is 0 Å². The molecule has 6 nitrogen and oxygen atoms in total. The van der Waals surface area contributed by atoms with Gasteiger partial charge in [-0.3, -0.25) is 14.2 Å². The van der Waals surface area contributed by atoms with E-state index in [2.05, 4.69) is 10.3 Å².